The number of ether oxygens (including phenoxy) is 2. The number of rotatable bonds is 9. The Hall–Kier alpha value is -3.62. The highest BCUT2D eigenvalue weighted by Crippen LogP contribution is 2.26. The number of aromatic nitrogens is 2. The van der Waals surface area contributed by atoms with Gasteiger partial charge in [-0.05, 0) is 42.8 Å². The molecule has 4 rings (SSSR count). The fraction of sp³-hybridized carbons (Fsp3) is 0.222. The lowest BCUT2D eigenvalue weighted by Crippen LogP contribution is -2.27. The molecule has 0 fully saturated rings. The minimum atomic E-state index is -0.239. The standard InChI is InChI=1S/C27H27N3O4S/c1-18-7-9-19(10-8-18)17-35-27-29-24-15-20(25(31)28-13-14-33-2)11-12-23(24)26(32)30(27)21-5-4-6-22(16-21)34-3/h4-12,15-16H,13-14,17H2,1-3H3,(H,28,31). The summed E-state index contributed by atoms with van der Waals surface area (Å²) < 4.78 is 12.0. The lowest BCUT2D eigenvalue weighted by molar-refractivity contribution is 0.0937. The van der Waals surface area contributed by atoms with Gasteiger partial charge in [0.05, 0.1) is 30.3 Å². The molecule has 0 aliphatic rings. The van der Waals surface area contributed by atoms with Crippen molar-refractivity contribution in [1.29, 1.82) is 0 Å². The molecule has 3 aromatic carbocycles. The van der Waals surface area contributed by atoms with Gasteiger partial charge in [0.25, 0.3) is 11.5 Å². The smallest absolute Gasteiger partial charge is 0.266 e. The number of thioether (sulfide) groups is 1. The Morgan fingerprint density at radius 3 is 2.60 bits per heavy atom. The van der Waals surface area contributed by atoms with E-state index in [9.17, 15) is 9.59 Å². The summed E-state index contributed by atoms with van der Waals surface area (Å²) in [5, 5.41) is 3.77. The second kappa shape index (κ2) is 11.2. The van der Waals surface area contributed by atoms with Gasteiger partial charge in [-0.1, -0.05) is 47.7 Å². The van der Waals surface area contributed by atoms with E-state index in [-0.39, 0.29) is 11.5 Å². The lowest BCUT2D eigenvalue weighted by atomic mass is 10.1. The molecule has 0 aliphatic carbocycles. The van der Waals surface area contributed by atoms with E-state index in [1.165, 1.54) is 17.3 Å². The minimum Gasteiger partial charge on any atom is -0.497 e. The molecule has 0 atom stereocenters. The maximum atomic E-state index is 13.6. The summed E-state index contributed by atoms with van der Waals surface area (Å²) in [5.41, 5.74) is 3.68. The second-order valence-corrected chi connectivity index (χ2v) is 8.93. The zero-order chi connectivity index (χ0) is 24.8. The molecule has 1 heterocycles. The zero-order valence-corrected chi connectivity index (χ0v) is 20.7. The normalized spacial score (nSPS) is 10.9. The van der Waals surface area contributed by atoms with Gasteiger partial charge in [-0.25, -0.2) is 4.98 Å². The van der Waals surface area contributed by atoms with Crippen LogP contribution in [0, 0.1) is 6.92 Å². The summed E-state index contributed by atoms with van der Waals surface area (Å²) in [4.78, 5) is 31.0. The number of hydrogen-bond donors (Lipinski definition) is 1. The number of nitrogens with one attached hydrogen (secondary N) is 1. The van der Waals surface area contributed by atoms with Crippen molar-refractivity contribution in [2.24, 2.45) is 0 Å². The van der Waals surface area contributed by atoms with Gasteiger partial charge in [0.2, 0.25) is 0 Å². The van der Waals surface area contributed by atoms with Gasteiger partial charge in [-0.2, -0.15) is 0 Å². The molecule has 0 unspecified atom stereocenters. The number of fused-ring (bicyclic) bond motifs is 1. The quantitative estimate of drug-likeness (QED) is 0.214. The van der Waals surface area contributed by atoms with Crippen LogP contribution in [0.1, 0.15) is 21.5 Å². The number of benzene rings is 3. The molecule has 4 aromatic rings. The van der Waals surface area contributed by atoms with Crippen molar-refractivity contribution < 1.29 is 14.3 Å². The molecule has 0 saturated carbocycles. The van der Waals surface area contributed by atoms with Crippen LogP contribution in [0.3, 0.4) is 0 Å². The predicted octanol–water partition coefficient (Wildman–Crippen LogP) is 4.37. The molecule has 1 amide bonds. The Morgan fingerprint density at radius 1 is 1.06 bits per heavy atom. The SMILES string of the molecule is COCCNC(=O)c1ccc2c(=O)n(-c3cccc(OC)c3)c(SCc3ccc(C)cc3)nc2c1. The minimum absolute atomic E-state index is 0.207. The van der Waals surface area contributed by atoms with Crippen LogP contribution in [-0.2, 0) is 10.5 Å². The van der Waals surface area contributed by atoms with E-state index in [4.69, 9.17) is 14.5 Å². The highest BCUT2D eigenvalue weighted by atomic mass is 32.2. The molecule has 1 aromatic heterocycles. The first-order chi connectivity index (χ1) is 17.0. The third kappa shape index (κ3) is 5.72. The van der Waals surface area contributed by atoms with Gasteiger partial charge in [0.15, 0.2) is 5.16 Å². The average molecular weight is 490 g/mol. The predicted molar refractivity (Wildman–Crippen MR) is 139 cm³/mol. The van der Waals surface area contributed by atoms with Crippen molar-refractivity contribution in [3.63, 3.8) is 0 Å². The number of aryl methyl sites for hydroxylation is 1. The monoisotopic (exact) mass is 489 g/mol. The van der Waals surface area contributed by atoms with Crippen LogP contribution >= 0.6 is 11.8 Å². The summed E-state index contributed by atoms with van der Waals surface area (Å²) in [6, 6.07) is 20.5. The van der Waals surface area contributed by atoms with E-state index in [0.717, 1.165) is 5.56 Å². The summed E-state index contributed by atoms with van der Waals surface area (Å²) >= 11 is 1.47. The Morgan fingerprint density at radius 2 is 1.86 bits per heavy atom. The highest BCUT2D eigenvalue weighted by molar-refractivity contribution is 7.98. The van der Waals surface area contributed by atoms with Crippen molar-refractivity contribution in [3.05, 3.63) is 93.8 Å². The molecular formula is C27H27N3O4S. The fourth-order valence-electron chi connectivity index (χ4n) is 3.58. The average Bonchev–Trinajstić information content (AvgIpc) is 2.88. The van der Waals surface area contributed by atoms with Crippen molar-refractivity contribution in [2.45, 2.75) is 17.8 Å². The van der Waals surface area contributed by atoms with E-state index < -0.39 is 0 Å². The van der Waals surface area contributed by atoms with E-state index >= 15 is 0 Å². The molecule has 0 aliphatic heterocycles. The Labute approximate surface area is 208 Å². The van der Waals surface area contributed by atoms with Crippen LogP contribution in [-0.4, -0.2) is 42.8 Å². The number of methoxy groups -OCH3 is 2. The molecule has 0 saturated heterocycles. The third-order valence-corrected chi connectivity index (χ3v) is 6.50. The fourth-order valence-corrected chi connectivity index (χ4v) is 4.55. The van der Waals surface area contributed by atoms with E-state index in [2.05, 4.69) is 29.6 Å². The Kier molecular flexibility index (Phi) is 7.84. The zero-order valence-electron chi connectivity index (χ0n) is 19.9. The molecule has 8 heteroatoms. The largest absolute Gasteiger partial charge is 0.497 e. The molecule has 1 N–H and O–H groups in total. The number of amides is 1. The van der Waals surface area contributed by atoms with Crippen molar-refractivity contribution >= 4 is 28.6 Å². The van der Waals surface area contributed by atoms with Crippen LogP contribution in [0.15, 0.2) is 76.7 Å². The van der Waals surface area contributed by atoms with E-state index in [1.807, 2.05) is 31.2 Å². The third-order valence-electron chi connectivity index (χ3n) is 5.49. The molecule has 180 valence electrons. The van der Waals surface area contributed by atoms with Crippen molar-refractivity contribution in [2.75, 3.05) is 27.4 Å². The summed E-state index contributed by atoms with van der Waals surface area (Å²) in [6.45, 7) is 2.86. The molecule has 0 bridgehead atoms. The topological polar surface area (TPSA) is 82.5 Å². The van der Waals surface area contributed by atoms with Crippen LogP contribution in [0.4, 0.5) is 0 Å². The summed E-state index contributed by atoms with van der Waals surface area (Å²) in [6.07, 6.45) is 0. The van der Waals surface area contributed by atoms with Gasteiger partial charge in [0.1, 0.15) is 5.75 Å². The second-order valence-electron chi connectivity index (χ2n) is 7.99. The van der Waals surface area contributed by atoms with E-state index in [0.29, 0.717) is 52.0 Å². The summed E-state index contributed by atoms with van der Waals surface area (Å²) in [5.74, 6) is 1.04. The van der Waals surface area contributed by atoms with Crippen molar-refractivity contribution in [1.82, 2.24) is 14.9 Å². The number of carbonyl (C=O) groups is 1. The van der Waals surface area contributed by atoms with Crippen LogP contribution in [0.2, 0.25) is 0 Å². The van der Waals surface area contributed by atoms with Crippen LogP contribution in [0.25, 0.3) is 16.6 Å². The molecule has 0 radical (unpaired) electrons. The van der Waals surface area contributed by atoms with Crippen LogP contribution < -0.4 is 15.6 Å². The maximum absolute atomic E-state index is 13.6. The Bertz CT molecular complexity index is 1400. The summed E-state index contributed by atoms with van der Waals surface area (Å²) in [7, 11) is 3.17. The molecule has 0 spiro atoms. The molecule has 7 nitrogen and oxygen atoms in total. The van der Waals surface area contributed by atoms with Crippen molar-refractivity contribution in [3.8, 4) is 11.4 Å². The van der Waals surface area contributed by atoms with Gasteiger partial charge in [0, 0.05) is 31.0 Å². The number of hydrogen-bond acceptors (Lipinski definition) is 6. The van der Waals surface area contributed by atoms with E-state index in [1.54, 1.807) is 37.0 Å². The first-order valence-corrected chi connectivity index (χ1v) is 12.2. The van der Waals surface area contributed by atoms with Crippen LogP contribution in [0.5, 0.6) is 5.75 Å². The first-order valence-electron chi connectivity index (χ1n) is 11.2. The first kappa shape index (κ1) is 24.5. The number of nitrogens with zero attached hydrogens (tertiary/aromatic N) is 2. The van der Waals surface area contributed by atoms with Gasteiger partial charge < -0.3 is 14.8 Å². The lowest BCUT2D eigenvalue weighted by Gasteiger charge is -2.14. The van der Waals surface area contributed by atoms with Gasteiger partial charge >= 0.3 is 0 Å². The highest BCUT2D eigenvalue weighted by Gasteiger charge is 2.16. The molecule has 35 heavy (non-hydrogen) atoms. The number of carbonyl (C=O) groups excluding carboxylic acids is 1. The maximum Gasteiger partial charge on any atom is 0.266 e. The Balaban J connectivity index is 1.78. The van der Waals surface area contributed by atoms with Gasteiger partial charge in [-0.3, -0.25) is 14.2 Å². The molecular weight excluding hydrogens is 462 g/mol. The van der Waals surface area contributed by atoms with Gasteiger partial charge in [-0.15, -0.1) is 0 Å².